The standard InChI is InChI=1S/C7H12BrN3S/c1-5(9)2-12-3-6-7(8)11-4-10-6/h4-5H,2-3,9H2,1H3,(H,10,11). The molecule has 0 amide bonds. The van der Waals surface area contributed by atoms with Crippen LogP contribution in [0.3, 0.4) is 0 Å². The molecule has 0 spiro atoms. The van der Waals surface area contributed by atoms with Crippen molar-refractivity contribution in [3.05, 3.63) is 16.6 Å². The maximum Gasteiger partial charge on any atom is 0.127 e. The van der Waals surface area contributed by atoms with Gasteiger partial charge in [0.15, 0.2) is 0 Å². The fourth-order valence-corrected chi connectivity index (χ4v) is 2.21. The number of nitrogens with zero attached hydrogens (tertiary/aromatic N) is 1. The number of hydrogen-bond acceptors (Lipinski definition) is 3. The molecular formula is C7H12BrN3S. The van der Waals surface area contributed by atoms with Gasteiger partial charge in [-0.15, -0.1) is 0 Å². The van der Waals surface area contributed by atoms with Crippen LogP contribution in [0.4, 0.5) is 0 Å². The van der Waals surface area contributed by atoms with Crippen molar-refractivity contribution in [1.29, 1.82) is 0 Å². The maximum absolute atomic E-state index is 5.61. The van der Waals surface area contributed by atoms with E-state index < -0.39 is 0 Å². The van der Waals surface area contributed by atoms with Gasteiger partial charge in [0.2, 0.25) is 0 Å². The molecular weight excluding hydrogens is 238 g/mol. The SMILES string of the molecule is CC(N)CSCc1[nH]cnc1Br. The molecule has 3 nitrogen and oxygen atoms in total. The van der Waals surface area contributed by atoms with E-state index in [9.17, 15) is 0 Å². The summed E-state index contributed by atoms with van der Waals surface area (Å²) in [4.78, 5) is 7.09. The van der Waals surface area contributed by atoms with Crippen molar-refractivity contribution in [3.8, 4) is 0 Å². The monoisotopic (exact) mass is 249 g/mol. The molecule has 0 saturated carbocycles. The number of hydrogen-bond donors (Lipinski definition) is 2. The van der Waals surface area contributed by atoms with E-state index in [1.165, 1.54) is 0 Å². The molecule has 0 fully saturated rings. The van der Waals surface area contributed by atoms with Crippen molar-refractivity contribution in [2.24, 2.45) is 5.73 Å². The van der Waals surface area contributed by atoms with Gasteiger partial charge in [0.1, 0.15) is 4.60 Å². The molecule has 0 aliphatic heterocycles. The minimum atomic E-state index is 0.261. The highest BCUT2D eigenvalue weighted by Crippen LogP contribution is 2.17. The fraction of sp³-hybridized carbons (Fsp3) is 0.571. The van der Waals surface area contributed by atoms with Gasteiger partial charge in [-0.25, -0.2) is 4.98 Å². The minimum Gasteiger partial charge on any atom is -0.347 e. The second-order valence-electron chi connectivity index (χ2n) is 2.66. The molecule has 1 aromatic heterocycles. The van der Waals surface area contributed by atoms with Gasteiger partial charge >= 0.3 is 0 Å². The third-order valence-electron chi connectivity index (χ3n) is 1.29. The molecule has 0 aromatic carbocycles. The van der Waals surface area contributed by atoms with Crippen LogP contribution in [0, 0.1) is 0 Å². The van der Waals surface area contributed by atoms with Crippen LogP contribution in [0.15, 0.2) is 10.9 Å². The number of thioether (sulfide) groups is 1. The molecule has 5 heteroatoms. The molecule has 0 saturated heterocycles. The molecule has 1 heterocycles. The molecule has 0 radical (unpaired) electrons. The molecule has 0 aliphatic rings. The van der Waals surface area contributed by atoms with Crippen LogP contribution in [-0.4, -0.2) is 21.8 Å². The number of imidazole rings is 1. The number of rotatable bonds is 4. The fourth-order valence-electron chi connectivity index (χ4n) is 0.752. The molecule has 3 N–H and O–H groups in total. The summed E-state index contributed by atoms with van der Waals surface area (Å²) in [5.74, 6) is 1.91. The Morgan fingerprint density at radius 1 is 1.83 bits per heavy atom. The molecule has 1 aromatic rings. The number of aromatic nitrogens is 2. The second kappa shape index (κ2) is 4.89. The van der Waals surface area contributed by atoms with Gasteiger partial charge in [-0.2, -0.15) is 11.8 Å². The first-order valence-electron chi connectivity index (χ1n) is 3.71. The number of H-pyrrole nitrogens is 1. The van der Waals surface area contributed by atoms with Gasteiger partial charge in [0.05, 0.1) is 12.0 Å². The van der Waals surface area contributed by atoms with Crippen molar-refractivity contribution in [3.63, 3.8) is 0 Å². The van der Waals surface area contributed by atoms with Crippen LogP contribution >= 0.6 is 27.7 Å². The van der Waals surface area contributed by atoms with Crippen molar-refractivity contribution in [2.75, 3.05) is 5.75 Å². The summed E-state index contributed by atoms with van der Waals surface area (Å²) in [6.45, 7) is 2.01. The van der Waals surface area contributed by atoms with Crippen molar-refractivity contribution in [2.45, 2.75) is 18.7 Å². The predicted octanol–water partition coefficient (Wildman–Crippen LogP) is 1.75. The Bertz CT molecular complexity index is 236. The van der Waals surface area contributed by atoms with E-state index in [0.717, 1.165) is 21.8 Å². The molecule has 1 rings (SSSR count). The highest BCUT2D eigenvalue weighted by atomic mass is 79.9. The van der Waals surface area contributed by atoms with E-state index in [-0.39, 0.29) is 6.04 Å². The number of halogens is 1. The van der Waals surface area contributed by atoms with E-state index in [1.54, 1.807) is 18.1 Å². The van der Waals surface area contributed by atoms with Gasteiger partial charge < -0.3 is 10.7 Å². The molecule has 12 heavy (non-hydrogen) atoms. The van der Waals surface area contributed by atoms with Crippen molar-refractivity contribution < 1.29 is 0 Å². The van der Waals surface area contributed by atoms with Crippen LogP contribution in [0.5, 0.6) is 0 Å². The highest BCUT2D eigenvalue weighted by molar-refractivity contribution is 9.10. The average Bonchev–Trinajstić information content (AvgIpc) is 2.36. The van der Waals surface area contributed by atoms with Gasteiger partial charge in [-0.3, -0.25) is 0 Å². The van der Waals surface area contributed by atoms with Gasteiger partial charge in [0, 0.05) is 17.5 Å². The summed E-state index contributed by atoms with van der Waals surface area (Å²) in [7, 11) is 0. The van der Waals surface area contributed by atoms with E-state index in [2.05, 4.69) is 25.9 Å². The maximum atomic E-state index is 5.61. The number of nitrogens with one attached hydrogen (secondary N) is 1. The topological polar surface area (TPSA) is 54.7 Å². The lowest BCUT2D eigenvalue weighted by Crippen LogP contribution is -2.17. The second-order valence-corrected chi connectivity index (χ2v) is 4.45. The van der Waals surface area contributed by atoms with Gasteiger partial charge in [0.25, 0.3) is 0 Å². The summed E-state index contributed by atoms with van der Waals surface area (Å²) in [5.41, 5.74) is 6.74. The number of nitrogens with two attached hydrogens (primary N) is 1. The zero-order valence-corrected chi connectivity index (χ0v) is 9.28. The largest absolute Gasteiger partial charge is 0.347 e. The molecule has 1 unspecified atom stereocenters. The normalized spacial score (nSPS) is 13.2. The Morgan fingerprint density at radius 2 is 2.58 bits per heavy atom. The van der Waals surface area contributed by atoms with E-state index in [4.69, 9.17) is 5.73 Å². The van der Waals surface area contributed by atoms with Gasteiger partial charge in [-0.1, -0.05) is 0 Å². The molecule has 0 aliphatic carbocycles. The van der Waals surface area contributed by atoms with Gasteiger partial charge in [-0.05, 0) is 22.9 Å². The lowest BCUT2D eigenvalue weighted by Gasteiger charge is -2.02. The quantitative estimate of drug-likeness (QED) is 0.856. The first-order chi connectivity index (χ1) is 5.70. The summed E-state index contributed by atoms with van der Waals surface area (Å²) >= 11 is 5.15. The Hall–Kier alpha value is -0.0000000000000000555. The van der Waals surface area contributed by atoms with Crippen LogP contribution in [0.25, 0.3) is 0 Å². The van der Waals surface area contributed by atoms with E-state index in [1.807, 2.05) is 6.92 Å². The summed E-state index contributed by atoms with van der Waals surface area (Å²) in [5, 5.41) is 0. The zero-order chi connectivity index (χ0) is 8.97. The highest BCUT2D eigenvalue weighted by Gasteiger charge is 2.02. The third kappa shape index (κ3) is 3.16. The Kier molecular flexibility index (Phi) is 4.11. The van der Waals surface area contributed by atoms with Crippen LogP contribution in [-0.2, 0) is 5.75 Å². The summed E-state index contributed by atoms with van der Waals surface area (Å²) in [6.07, 6.45) is 1.69. The Labute approximate surface area is 84.7 Å². The molecule has 68 valence electrons. The number of aromatic amines is 1. The first kappa shape index (κ1) is 10.1. The molecule has 0 bridgehead atoms. The van der Waals surface area contributed by atoms with Crippen LogP contribution in [0.1, 0.15) is 12.6 Å². The summed E-state index contributed by atoms with van der Waals surface area (Å²) in [6, 6.07) is 0.261. The van der Waals surface area contributed by atoms with E-state index in [0.29, 0.717) is 0 Å². The predicted molar refractivity (Wildman–Crippen MR) is 56.1 cm³/mol. The average molecular weight is 250 g/mol. The minimum absolute atomic E-state index is 0.261. The van der Waals surface area contributed by atoms with Crippen LogP contribution in [0.2, 0.25) is 0 Å². The first-order valence-corrected chi connectivity index (χ1v) is 5.66. The van der Waals surface area contributed by atoms with Crippen molar-refractivity contribution >= 4 is 27.7 Å². The smallest absolute Gasteiger partial charge is 0.127 e. The lowest BCUT2D eigenvalue weighted by molar-refractivity contribution is 0.847. The Balaban J connectivity index is 2.29. The van der Waals surface area contributed by atoms with E-state index >= 15 is 0 Å². The van der Waals surface area contributed by atoms with Crippen molar-refractivity contribution in [1.82, 2.24) is 9.97 Å². The molecule has 1 atom stereocenters. The van der Waals surface area contributed by atoms with Crippen LogP contribution < -0.4 is 5.73 Å². The Morgan fingerprint density at radius 3 is 3.08 bits per heavy atom. The third-order valence-corrected chi connectivity index (χ3v) is 3.23. The summed E-state index contributed by atoms with van der Waals surface area (Å²) < 4.78 is 0.902. The lowest BCUT2D eigenvalue weighted by atomic mass is 10.4. The zero-order valence-electron chi connectivity index (χ0n) is 6.88.